The van der Waals surface area contributed by atoms with Crippen molar-refractivity contribution in [2.75, 3.05) is 7.05 Å². The van der Waals surface area contributed by atoms with Gasteiger partial charge in [0.1, 0.15) is 12.4 Å². The third-order valence-electron chi connectivity index (χ3n) is 3.61. The Morgan fingerprint density at radius 1 is 1.53 bits per heavy atom. The molecule has 3 N–H and O–H groups in total. The molecular weight excluding hydrogens is 238 g/mol. The highest BCUT2D eigenvalue weighted by Crippen LogP contribution is 2.25. The number of hydrogen-bond donors (Lipinski definition) is 2. The number of para-hydroxylation sites is 1. The van der Waals surface area contributed by atoms with E-state index in [0.717, 1.165) is 16.9 Å². The average Bonchev–Trinajstić information content (AvgIpc) is 3.16. The first-order valence-electron chi connectivity index (χ1n) is 6.62. The van der Waals surface area contributed by atoms with Gasteiger partial charge in [-0.05, 0) is 31.4 Å². The van der Waals surface area contributed by atoms with E-state index in [-0.39, 0.29) is 0 Å². The Labute approximate surface area is 112 Å². The molecule has 0 spiro atoms. The third-order valence-corrected chi connectivity index (χ3v) is 3.61. The van der Waals surface area contributed by atoms with Crippen LogP contribution in [0.25, 0.3) is 11.0 Å². The number of hydrogen-bond acceptors (Lipinski definition) is 2. The Morgan fingerprint density at radius 2 is 2.32 bits per heavy atom. The molecule has 0 aliphatic heterocycles. The average molecular weight is 257 g/mol. The molecule has 100 valence electrons. The van der Waals surface area contributed by atoms with Crippen LogP contribution in [0.2, 0.25) is 0 Å². The van der Waals surface area contributed by atoms with Crippen molar-refractivity contribution in [1.29, 1.82) is 0 Å². The first-order chi connectivity index (χ1) is 9.15. The normalized spacial score (nSPS) is 16.0. The topological polar surface area (TPSA) is 70.3 Å². The van der Waals surface area contributed by atoms with Gasteiger partial charge in [-0.1, -0.05) is 12.1 Å². The molecule has 1 fully saturated rings. The van der Waals surface area contributed by atoms with Crippen LogP contribution >= 0.6 is 0 Å². The Bertz CT molecular complexity index is 624. The maximum atomic E-state index is 5.96. The fraction of sp³-hybridized carbons (Fsp3) is 0.429. The molecule has 1 aromatic heterocycles. The second-order valence-corrected chi connectivity index (χ2v) is 5.17. The molecule has 1 aromatic carbocycles. The number of guanidine groups is 1. The van der Waals surface area contributed by atoms with Crippen LogP contribution < -0.4 is 5.73 Å². The van der Waals surface area contributed by atoms with Gasteiger partial charge >= 0.3 is 0 Å². The minimum absolute atomic E-state index is 0.497. The van der Waals surface area contributed by atoms with E-state index in [4.69, 9.17) is 5.73 Å². The summed E-state index contributed by atoms with van der Waals surface area (Å²) in [5.74, 6) is 1.45. The number of nitrogens with two attached hydrogens (primary N) is 1. The Balaban J connectivity index is 1.77. The van der Waals surface area contributed by atoms with E-state index >= 15 is 0 Å². The summed E-state index contributed by atoms with van der Waals surface area (Å²) >= 11 is 0. The molecule has 0 atom stereocenters. The number of H-pyrrole nitrogens is 1. The second-order valence-electron chi connectivity index (χ2n) is 5.17. The lowest BCUT2D eigenvalue weighted by molar-refractivity contribution is 0.487. The minimum Gasteiger partial charge on any atom is -0.370 e. The standard InChI is InChI=1S/C14H19N5/c1-9-4-3-5-11-13(9)18-12(17-11)8-16-14(15)19(2)10-6-7-10/h3-5,10H,6-8H2,1-2H3,(H2,15,16)(H,17,18). The summed E-state index contributed by atoms with van der Waals surface area (Å²) in [5.41, 5.74) is 9.21. The zero-order chi connectivity index (χ0) is 13.4. The molecule has 1 aliphatic carbocycles. The molecule has 1 aliphatic rings. The van der Waals surface area contributed by atoms with Crippen LogP contribution in [0.15, 0.2) is 23.2 Å². The van der Waals surface area contributed by atoms with E-state index in [9.17, 15) is 0 Å². The Kier molecular flexibility index (Phi) is 2.89. The SMILES string of the molecule is Cc1cccc2[nH]c(CN=C(N)N(C)C3CC3)nc12. The predicted molar refractivity (Wildman–Crippen MR) is 76.9 cm³/mol. The number of fused-ring (bicyclic) bond motifs is 1. The fourth-order valence-corrected chi connectivity index (χ4v) is 2.22. The van der Waals surface area contributed by atoms with Crippen LogP contribution in [0.3, 0.4) is 0 Å². The molecule has 0 bridgehead atoms. The molecule has 5 nitrogen and oxygen atoms in total. The molecule has 1 heterocycles. The highest BCUT2D eigenvalue weighted by Gasteiger charge is 2.27. The van der Waals surface area contributed by atoms with E-state index in [1.807, 2.05) is 24.1 Å². The highest BCUT2D eigenvalue weighted by molar-refractivity contribution is 5.79. The number of nitrogens with zero attached hydrogens (tertiary/aromatic N) is 3. The largest absolute Gasteiger partial charge is 0.370 e. The van der Waals surface area contributed by atoms with Crippen molar-refractivity contribution < 1.29 is 0 Å². The number of imidazole rings is 1. The van der Waals surface area contributed by atoms with Gasteiger partial charge in [0.2, 0.25) is 0 Å². The Hall–Kier alpha value is -2.04. The number of nitrogens with one attached hydrogen (secondary N) is 1. The van der Waals surface area contributed by atoms with Crippen LogP contribution in [-0.2, 0) is 6.54 Å². The van der Waals surface area contributed by atoms with Crippen molar-refractivity contribution in [1.82, 2.24) is 14.9 Å². The maximum absolute atomic E-state index is 5.96. The zero-order valence-electron chi connectivity index (χ0n) is 11.3. The van der Waals surface area contributed by atoms with E-state index in [1.165, 1.54) is 18.4 Å². The van der Waals surface area contributed by atoms with Gasteiger partial charge < -0.3 is 15.6 Å². The summed E-state index contributed by atoms with van der Waals surface area (Å²) in [6.45, 7) is 2.56. The summed E-state index contributed by atoms with van der Waals surface area (Å²) in [7, 11) is 2.00. The van der Waals surface area contributed by atoms with Crippen molar-refractivity contribution in [2.45, 2.75) is 32.4 Å². The van der Waals surface area contributed by atoms with E-state index in [1.54, 1.807) is 0 Å². The lowest BCUT2D eigenvalue weighted by Crippen LogP contribution is -2.35. The number of rotatable bonds is 3. The molecule has 3 rings (SSSR count). The lowest BCUT2D eigenvalue weighted by atomic mass is 10.2. The summed E-state index contributed by atoms with van der Waals surface area (Å²) in [5, 5.41) is 0. The molecule has 0 unspecified atom stereocenters. The van der Waals surface area contributed by atoms with Gasteiger partial charge in [-0.3, -0.25) is 0 Å². The van der Waals surface area contributed by atoms with Gasteiger partial charge in [0.15, 0.2) is 5.96 Å². The van der Waals surface area contributed by atoms with Gasteiger partial charge in [0.25, 0.3) is 0 Å². The minimum atomic E-state index is 0.497. The van der Waals surface area contributed by atoms with Crippen molar-refractivity contribution in [3.8, 4) is 0 Å². The van der Waals surface area contributed by atoms with E-state index in [0.29, 0.717) is 18.5 Å². The summed E-state index contributed by atoms with van der Waals surface area (Å²) in [6.07, 6.45) is 2.44. The first-order valence-corrected chi connectivity index (χ1v) is 6.62. The van der Waals surface area contributed by atoms with Crippen LogP contribution in [0.1, 0.15) is 24.2 Å². The highest BCUT2D eigenvalue weighted by atomic mass is 15.3. The van der Waals surface area contributed by atoms with Gasteiger partial charge in [-0.2, -0.15) is 0 Å². The Morgan fingerprint density at radius 3 is 3.00 bits per heavy atom. The zero-order valence-corrected chi connectivity index (χ0v) is 11.3. The number of benzene rings is 1. The van der Waals surface area contributed by atoms with Gasteiger partial charge in [-0.25, -0.2) is 9.98 Å². The number of aryl methyl sites for hydroxylation is 1. The van der Waals surface area contributed by atoms with Crippen LogP contribution in [0.5, 0.6) is 0 Å². The molecule has 0 radical (unpaired) electrons. The van der Waals surface area contributed by atoms with Crippen LogP contribution in [0.4, 0.5) is 0 Å². The lowest BCUT2D eigenvalue weighted by Gasteiger charge is -2.16. The van der Waals surface area contributed by atoms with Crippen molar-refractivity contribution >= 4 is 17.0 Å². The molecular formula is C14H19N5. The fourth-order valence-electron chi connectivity index (χ4n) is 2.22. The van der Waals surface area contributed by atoms with Crippen molar-refractivity contribution in [3.05, 3.63) is 29.6 Å². The van der Waals surface area contributed by atoms with E-state index < -0.39 is 0 Å². The summed E-state index contributed by atoms with van der Waals surface area (Å²) in [4.78, 5) is 14.3. The third kappa shape index (κ3) is 2.41. The smallest absolute Gasteiger partial charge is 0.191 e. The van der Waals surface area contributed by atoms with Crippen LogP contribution in [-0.4, -0.2) is 33.9 Å². The van der Waals surface area contributed by atoms with Crippen molar-refractivity contribution in [3.63, 3.8) is 0 Å². The molecule has 1 saturated carbocycles. The summed E-state index contributed by atoms with van der Waals surface area (Å²) < 4.78 is 0. The van der Waals surface area contributed by atoms with Gasteiger partial charge in [0, 0.05) is 13.1 Å². The molecule has 19 heavy (non-hydrogen) atoms. The predicted octanol–water partition coefficient (Wildman–Crippen LogP) is 1.78. The quantitative estimate of drug-likeness (QED) is 0.650. The maximum Gasteiger partial charge on any atom is 0.191 e. The molecule has 5 heteroatoms. The number of aromatic nitrogens is 2. The van der Waals surface area contributed by atoms with Crippen LogP contribution in [0, 0.1) is 6.92 Å². The number of aromatic amines is 1. The monoisotopic (exact) mass is 257 g/mol. The molecule has 0 saturated heterocycles. The van der Waals surface area contributed by atoms with Gasteiger partial charge in [0.05, 0.1) is 11.0 Å². The second kappa shape index (κ2) is 4.57. The summed E-state index contributed by atoms with van der Waals surface area (Å²) in [6, 6.07) is 6.70. The molecule has 2 aromatic rings. The number of aliphatic imine (C=N–C) groups is 1. The first kappa shape index (κ1) is 12.0. The molecule has 0 amide bonds. The van der Waals surface area contributed by atoms with E-state index in [2.05, 4.69) is 28.0 Å². The van der Waals surface area contributed by atoms with Crippen molar-refractivity contribution in [2.24, 2.45) is 10.7 Å². The van der Waals surface area contributed by atoms with Gasteiger partial charge in [-0.15, -0.1) is 0 Å².